The van der Waals surface area contributed by atoms with Crippen molar-refractivity contribution in [2.24, 2.45) is 0 Å². The lowest BCUT2D eigenvalue weighted by Gasteiger charge is -2.13. The van der Waals surface area contributed by atoms with Crippen LogP contribution < -0.4 is 5.32 Å². The Hall–Kier alpha value is -1.32. The van der Waals surface area contributed by atoms with E-state index in [0.717, 1.165) is 37.3 Å². The molecule has 1 aromatic heterocycles. The molecular formula is C16H23NO2. The number of ether oxygens (including phenoxy) is 1. The summed E-state index contributed by atoms with van der Waals surface area (Å²) in [5.74, 6) is 1.09. The highest BCUT2D eigenvalue weighted by Gasteiger charge is 2.12. The highest BCUT2D eigenvalue weighted by molar-refractivity contribution is 5.82. The highest BCUT2D eigenvalue weighted by atomic mass is 16.5. The fourth-order valence-electron chi connectivity index (χ4n) is 2.30. The molecule has 0 amide bonds. The van der Waals surface area contributed by atoms with E-state index in [1.54, 1.807) is 7.11 Å². The summed E-state index contributed by atoms with van der Waals surface area (Å²) in [6, 6.07) is 8.69. The van der Waals surface area contributed by atoms with Crippen LogP contribution in [-0.2, 0) is 17.7 Å². The zero-order chi connectivity index (χ0) is 13.7. The van der Waals surface area contributed by atoms with Crippen LogP contribution in [-0.4, -0.2) is 19.8 Å². The van der Waals surface area contributed by atoms with Gasteiger partial charge in [0.15, 0.2) is 0 Å². The molecular weight excluding hydrogens is 238 g/mol. The molecule has 3 heteroatoms. The van der Waals surface area contributed by atoms with Crippen molar-refractivity contribution in [2.45, 2.75) is 39.3 Å². The maximum Gasteiger partial charge on any atom is 0.134 e. The second-order valence-corrected chi connectivity index (χ2v) is 4.92. The summed E-state index contributed by atoms with van der Waals surface area (Å²) < 4.78 is 11.0. The van der Waals surface area contributed by atoms with Gasteiger partial charge in [-0.05, 0) is 19.4 Å². The molecule has 0 aliphatic rings. The number of nitrogens with one attached hydrogen (secondary N) is 1. The maximum absolute atomic E-state index is 5.90. The van der Waals surface area contributed by atoms with Crippen LogP contribution in [0.3, 0.4) is 0 Å². The Morgan fingerprint density at radius 1 is 1.32 bits per heavy atom. The number of methoxy groups -OCH3 is 1. The predicted octanol–water partition coefficient (Wildman–Crippen LogP) is 3.51. The molecule has 1 atom stereocenters. The molecule has 0 aliphatic carbocycles. The fraction of sp³-hybridized carbons (Fsp3) is 0.500. The Labute approximate surface area is 114 Å². The topological polar surface area (TPSA) is 34.4 Å². The number of rotatable bonds is 7. The Bertz CT molecular complexity index is 518. The van der Waals surface area contributed by atoms with E-state index in [-0.39, 0.29) is 0 Å². The number of aryl methyl sites for hydroxylation is 1. The van der Waals surface area contributed by atoms with Crippen LogP contribution in [0.15, 0.2) is 28.7 Å². The number of hydrogen-bond acceptors (Lipinski definition) is 3. The summed E-state index contributed by atoms with van der Waals surface area (Å²) in [5.41, 5.74) is 2.28. The number of fused-ring (bicyclic) bond motifs is 1. The van der Waals surface area contributed by atoms with Crippen molar-refractivity contribution in [3.63, 3.8) is 0 Å². The molecule has 2 rings (SSSR count). The van der Waals surface area contributed by atoms with E-state index >= 15 is 0 Å². The van der Waals surface area contributed by atoms with Gasteiger partial charge < -0.3 is 14.5 Å². The molecule has 0 bridgehead atoms. The molecule has 0 aliphatic heterocycles. The summed E-state index contributed by atoms with van der Waals surface area (Å²) >= 11 is 0. The second-order valence-electron chi connectivity index (χ2n) is 4.92. The highest BCUT2D eigenvalue weighted by Crippen LogP contribution is 2.26. The number of benzene rings is 1. The summed E-state index contributed by atoms with van der Waals surface area (Å²) in [5, 5.41) is 4.77. The third kappa shape index (κ3) is 3.37. The molecule has 0 radical (unpaired) electrons. The van der Waals surface area contributed by atoms with E-state index in [9.17, 15) is 0 Å². The minimum absolute atomic E-state index is 0.443. The van der Waals surface area contributed by atoms with Crippen molar-refractivity contribution in [1.29, 1.82) is 0 Å². The van der Waals surface area contributed by atoms with Crippen molar-refractivity contribution in [2.75, 3.05) is 13.7 Å². The first-order valence-electron chi connectivity index (χ1n) is 6.97. The van der Waals surface area contributed by atoms with Gasteiger partial charge >= 0.3 is 0 Å². The zero-order valence-electron chi connectivity index (χ0n) is 12.0. The quantitative estimate of drug-likeness (QED) is 0.828. The minimum atomic E-state index is 0.443. The lowest BCUT2D eigenvalue weighted by Crippen LogP contribution is -2.26. The Kier molecular flexibility index (Phi) is 5.00. The Balaban J connectivity index is 2.10. The van der Waals surface area contributed by atoms with Crippen LogP contribution >= 0.6 is 0 Å². The van der Waals surface area contributed by atoms with Crippen LogP contribution in [0.5, 0.6) is 0 Å². The van der Waals surface area contributed by atoms with Crippen LogP contribution in [0, 0.1) is 0 Å². The Morgan fingerprint density at radius 2 is 2.11 bits per heavy atom. The van der Waals surface area contributed by atoms with Gasteiger partial charge in [0, 0.05) is 43.7 Å². The van der Waals surface area contributed by atoms with Crippen molar-refractivity contribution < 1.29 is 9.15 Å². The van der Waals surface area contributed by atoms with E-state index in [1.807, 2.05) is 12.1 Å². The first-order valence-corrected chi connectivity index (χ1v) is 6.97. The fourth-order valence-corrected chi connectivity index (χ4v) is 2.30. The third-order valence-corrected chi connectivity index (χ3v) is 3.49. The van der Waals surface area contributed by atoms with E-state index in [0.29, 0.717) is 6.04 Å². The van der Waals surface area contributed by atoms with Gasteiger partial charge in [-0.1, -0.05) is 25.1 Å². The van der Waals surface area contributed by atoms with E-state index in [4.69, 9.17) is 9.15 Å². The van der Waals surface area contributed by atoms with Crippen molar-refractivity contribution in [3.8, 4) is 0 Å². The average Bonchev–Trinajstić information content (AvgIpc) is 2.80. The van der Waals surface area contributed by atoms with Crippen LogP contribution in [0.25, 0.3) is 11.0 Å². The largest absolute Gasteiger partial charge is 0.461 e. The normalized spacial score (nSPS) is 13.0. The molecule has 2 aromatic rings. The standard InChI is InChI=1S/C16H23NO2/c1-4-15-14(11-17-12(2)9-10-18-3)13-7-5-6-8-16(13)19-15/h5-8,12,17H,4,9-11H2,1-3H3. The van der Waals surface area contributed by atoms with E-state index in [1.165, 1.54) is 10.9 Å². The summed E-state index contributed by atoms with van der Waals surface area (Å²) in [7, 11) is 1.74. The Morgan fingerprint density at radius 3 is 2.84 bits per heavy atom. The molecule has 104 valence electrons. The third-order valence-electron chi connectivity index (χ3n) is 3.49. The molecule has 1 aromatic carbocycles. The summed E-state index contributed by atoms with van der Waals surface area (Å²) in [6.07, 6.45) is 1.95. The minimum Gasteiger partial charge on any atom is -0.461 e. The van der Waals surface area contributed by atoms with Gasteiger partial charge in [-0.15, -0.1) is 0 Å². The van der Waals surface area contributed by atoms with Gasteiger partial charge in [-0.25, -0.2) is 0 Å². The predicted molar refractivity (Wildman–Crippen MR) is 78.4 cm³/mol. The maximum atomic E-state index is 5.90. The average molecular weight is 261 g/mol. The van der Waals surface area contributed by atoms with Crippen molar-refractivity contribution in [3.05, 3.63) is 35.6 Å². The smallest absolute Gasteiger partial charge is 0.134 e. The number of hydrogen-bond donors (Lipinski definition) is 1. The molecule has 0 spiro atoms. The molecule has 1 N–H and O–H groups in total. The van der Waals surface area contributed by atoms with Crippen LogP contribution in [0.2, 0.25) is 0 Å². The second kappa shape index (κ2) is 6.73. The summed E-state index contributed by atoms with van der Waals surface area (Å²) in [4.78, 5) is 0. The van der Waals surface area contributed by atoms with Crippen LogP contribution in [0.1, 0.15) is 31.6 Å². The van der Waals surface area contributed by atoms with E-state index < -0.39 is 0 Å². The SMILES string of the molecule is CCc1oc2ccccc2c1CNC(C)CCOC. The summed E-state index contributed by atoms with van der Waals surface area (Å²) in [6.45, 7) is 5.97. The zero-order valence-corrected chi connectivity index (χ0v) is 12.0. The lowest BCUT2D eigenvalue weighted by atomic mass is 10.1. The monoisotopic (exact) mass is 261 g/mol. The van der Waals surface area contributed by atoms with Gasteiger partial charge in [-0.2, -0.15) is 0 Å². The molecule has 0 saturated carbocycles. The molecule has 1 unspecified atom stereocenters. The number of furan rings is 1. The first-order chi connectivity index (χ1) is 9.26. The van der Waals surface area contributed by atoms with Crippen molar-refractivity contribution in [1.82, 2.24) is 5.32 Å². The number of para-hydroxylation sites is 1. The van der Waals surface area contributed by atoms with Gasteiger partial charge in [0.2, 0.25) is 0 Å². The molecule has 3 nitrogen and oxygen atoms in total. The van der Waals surface area contributed by atoms with Crippen LogP contribution in [0.4, 0.5) is 0 Å². The molecule has 1 heterocycles. The lowest BCUT2D eigenvalue weighted by molar-refractivity contribution is 0.184. The van der Waals surface area contributed by atoms with Crippen molar-refractivity contribution >= 4 is 11.0 Å². The molecule has 0 fully saturated rings. The van der Waals surface area contributed by atoms with E-state index in [2.05, 4.69) is 31.3 Å². The molecule has 0 saturated heterocycles. The van der Waals surface area contributed by atoms with Gasteiger partial charge in [0.05, 0.1) is 0 Å². The van der Waals surface area contributed by atoms with Gasteiger partial charge in [0.25, 0.3) is 0 Å². The molecule has 19 heavy (non-hydrogen) atoms. The van der Waals surface area contributed by atoms with Gasteiger partial charge in [-0.3, -0.25) is 0 Å². The first kappa shape index (κ1) is 14.1. The van der Waals surface area contributed by atoms with Gasteiger partial charge in [0.1, 0.15) is 11.3 Å².